The Morgan fingerprint density at radius 1 is 0.872 bits per heavy atom. The van der Waals surface area contributed by atoms with E-state index in [2.05, 4.69) is 5.32 Å². The third-order valence-corrected chi connectivity index (χ3v) is 7.21. The highest BCUT2D eigenvalue weighted by molar-refractivity contribution is 6.05. The van der Waals surface area contributed by atoms with Crippen molar-refractivity contribution >= 4 is 33.8 Å². The number of hydrogen-bond donors (Lipinski definition) is 2. The van der Waals surface area contributed by atoms with E-state index in [1.54, 1.807) is 0 Å². The molecule has 1 amide bonds. The van der Waals surface area contributed by atoms with Gasteiger partial charge in [0.2, 0.25) is 5.91 Å². The Balaban J connectivity index is 1.45. The highest BCUT2D eigenvalue weighted by Gasteiger charge is 2.23. The molecule has 1 unspecified atom stereocenters. The number of carbonyl (C=O) groups excluding carboxylic acids is 1. The molecule has 2 heterocycles. The Labute approximate surface area is 225 Å². The molecule has 1 atom stereocenters. The predicted octanol–water partition coefficient (Wildman–Crippen LogP) is 5.88. The molecular formula is C32H29NO6. The van der Waals surface area contributed by atoms with Gasteiger partial charge in [0.05, 0.1) is 0 Å². The van der Waals surface area contributed by atoms with Gasteiger partial charge in [-0.1, -0.05) is 60.7 Å². The van der Waals surface area contributed by atoms with E-state index in [4.69, 9.17) is 8.83 Å². The maximum Gasteiger partial charge on any atom is 0.339 e. The number of carbonyl (C=O) groups is 2. The van der Waals surface area contributed by atoms with Gasteiger partial charge in [-0.3, -0.25) is 4.79 Å². The zero-order valence-corrected chi connectivity index (χ0v) is 22.0. The maximum absolute atomic E-state index is 13.0. The van der Waals surface area contributed by atoms with Gasteiger partial charge < -0.3 is 19.3 Å². The first-order valence-electron chi connectivity index (χ1n) is 12.8. The van der Waals surface area contributed by atoms with Gasteiger partial charge >= 0.3 is 11.6 Å². The van der Waals surface area contributed by atoms with E-state index in [-0.39, 0.29) is 19.3 Å². The van der Waals surface area contributed by atoms with Crippen molar-refractivity contribution in [2.24, 2.45) is 0 Å². The fraction of sp³-hybridized carbons (Fsp3) is 0.219. The third kappa shape index (κ3) is 5.08. The Bertz CT molecular complexity index is 1750. The van der Waals surface area contributed by atoms with Gasteiger partial charge in [0, 0.05) is 40.3 Å². The first-order chi connectivity index (χ1) is 18.7. The molecule has 0 bridgehead atoms. The minimum absolute atomic E-state index is 0.0447. The van der Waals surface area contributed by atoms with Crippen molar-refractivity contribution in [1.82, 2.24) is 5.32 Å². The topological polar surface area (TPSA) is 110 Å². The smallest absolute Gasteiger partial charge is 0.339 e. The van der Waals surface area contributed by atoms with Crippen LogP contribution in [0.3, 0.4) is 0 Å². The summed E-state index contributed by atoms with van der Waals surface area (Å²) >= 11 is 0. The third-order valence-electron chi connectivity index (χ3n) is 7.21. The number of aliphatic carboxylic acids is 1. The fourth-order valence-electron chi connectivity index (χ4n) is 5.18. The molecule has 0 radical (unpaired) electrons. The lowest BCUT2D eigenvalue weighted by Gasteiger charge is -2.15. The largest absolute Gasteiger partial charge is 0.480 e. The van der Waals surface area contributed by atoms with E-state index in [0.29, 0.717) is 16.7 Å². The summed E-state index contributed by atoms with van der Waals surface area (Å²) in [6.07, 6.45) is 0.250. The first kappa shape index (κ1) is 26.0. The normalized spacial score (nSPS) is 12.1. The minimum Gasteiger partial charge on any atom is -0.480 e. The molecule has 7 heteroatoms. The molecule has 0 aliphatic heterocycles. The number of benzene rings is 3. The summed E-state index contributed by atoms with van der Waals surface area (Å²) < 4.78 is 11.9. The molecular weight excluding hydrogens is 494 g/mol. The molecule has 5 rings (SSSR count). The minimum atomic E-state index is -1.11. The molecule has 0 aliphatic carbocycles. The van der Waals surface area contributed by atoms with Crippen LogP contribution >= 0.6 is 0 Å². The first-order valence-corrected chi connectivity index (χ1v) is 12.8. The predicted molar refractivity (Wildman–Crippen MR) is 150 cm³/mol. The average Bonchev–Trinajstić information content (AvgIpc) is 3.26. The van der Waals surface area contributed by atoms with Crippen LogP contribution in [0.5, 0.6) is 0 Å². The number of carboxylic acid groups (broad SMARTS) is 1. The van der Waals surface area contributed by atoms with E-state index < -0.39 is 23.5 Å². The van der Waals surface area contributed by atoms with Gasteiger partial charge in [0.1, 0.15) is 23.0 Å². The number of aryl methyl sites for hydroxylation is 3. The summed E-state index contributed by atoms with van der Waals surface area (Å²) in [5.41, 5.74) is 5.31. The number of furan rings is 1. The van der Waals surface area contributed by atoms with E-state index in [1.165, 1.54) is 0 Å². The molecule has 3 aromatic carbocycles. The molecule has 2 N–H and O–H groups in total. The van der Waals surface area contributed by atoms with E-state index in [1.807, 2.05) is 87.5 Å². The molecule has 0 spiro atoms. The molecule has 2 aromatic heterocycles. The monoisotopic (exact) mass is 523 g/mol. The van der Waals surface area contributed by atoms with Crippen LogP contribution in [0.2, 0.25) is 0 Å². The average molecular weight is 524 g/mol. The number of rotatable bonds is 8. The second-order valence-corrected chi connectivity index (χ2v) is 9.80. The zero-order chi connectivity index (χ0) is 27.7. The Morgan fingerprint density at radius 2 is 1.51 bits per heavy atom. The number of hydrogen-bond acceptors (Lipinski definition) is 5. The van der Waals surface area contributed by atoms with Crippen molar-refractivity contribution in [2.45, 2.75) is 46.1 Å². The number of carboxylic acids is 1. The van der Waals surface area contributed by atoms with Crippen LogP contribution in [0, 0.1) is 20.8 Å². The fourth-order valence-corrected chi connectivity index (χ4v) is 5.18. The van der Waals surface area contributed by atoms with Crippen LogP contribution in [-0.4, -0.2) is 23.0 Å². The second kappa shape index (κ2) is 10.6. The van der Waals surface area contributed by atoms with E-state index >= 15 is 0 Å². The van der Waals surface area contributed by atoms with Crippen LogP contribution in [0.4, 0.5) is 0 Å². The van der Waals surface area contributed by atoms with Crippen LogP contribution in [0.25, 0.3) is 33.1 Å². The summed E-state index contributed by atoms with van der Waals surface area (Å²) in [4.78, 5) is 37.5. The van der Waals surface area contributed by atoms with Crippen molar-refractivity contribution in [1.29, 1.82) is 0 Å². The summed E-state index contributed by atoms with van der Waals surface area (Å²) in [7, 11) is 0. The van der Waals surface area contributed by atoms with Crippen LogP contribution < -0.4 is 10.9 Å². The van der Waals surface area contributed by atoms with Gasteiger partial charge in [-0.25, -0.2) is 9.59 Å². The van der Waals surface area contributed by atoms with Gasteiger partial charge in [-0.15, -0.1) is 0 Å². The second-order valence-electron chi connectivity index (χ2n) is 9.80. The van der Waals surface area contributed by atoms with Crippen molar-refractivity contribution in [3.8, 4) is 11.1 Å². The van der Waals surface area contributed by atoms with Crippen LogP contribution in [0.1, 0.15) is 34.4 Å². The lowest BCUT2D eigenvalue weighted by atomic mass is 9.96. The van der Waals surface area contributed by atoms with Crippen molar-refractivity contribution < 1.29 is 23.5 Å². The molecule has 0 fully saturated rings. The molecule has 39 heavy (non-hydrogen) atoms. The maximum atomic E-state index is 13.0. The van der Waals surface area contributed by atoms with Crippen LogP contribution in [0.15, 0.2) is 80.4 Å². The zero-order valence-electron chi connectivity index (χ0n) is 22.0. The standard InChI is InChI=1S/C32H29NO6/c1-18-23(14-15-27(34)33-26(31(35)36)16-21-10-6-4-7-11-21)32(37)39-29-19(2)30-25(17-24(18)29)28(20(3)38-30)22-12-8-5-9-13-22/h4-13,17,26H,14-16H2,1-3H3,(H,33,34)(H,35,36). The molecule has 0 saturated carbocycles. The summed E-state index contributed by atoms with van der Waals surface area (Å²) in [5.74, 6) is -0.784. The Hall–Kier alpha value is -4.65. The summed E-state index contributed by atoms with van der Waals surface area (Å²) in [6.45, 7) is 5.64. The Morgan fingerprint density at radius 3 is 2.18 bits per heavy atom. The quantitative estimate of drug-likeness (QED) is 0.246. The molecule has 0 aliphatic rings. The van der Waals surface area contributed by atoms with Crippen molar-refractivity contribution in [3.63, 3.8) is 0 Å². The number of nitrogens with one attached hydrogen (secondary N) is 1. The van der Waals surface area contributed by atoms with Crippen LogP contribution in [-0.2, 0) is 22.4 Å². The lowest BCUT2D eigenvalue weighted by molar-refractivity contribution is -0.141. The Kier molecular flexibility index (Phi) is 7.07. The van der Waals surface area contributed by atoms with Gasteiger partial charge in [-0.05, 0) is 49.9 Å². The summed E-state index contributed by atoms with van der Waals surface area (Å²) in [6, 6.07) is 20.0. The van der Waals surface area contributed by atoms with Crippen molar-refractivity contribution in [3.05, 3.63) is 105 Å². The molecule has 198 valence electrons. The van der Waals surface area contributed by atoms with Crippen molar-refractivity contribution in [2.75, 3.05) is 0 Å². The SMILES string of the molecule is Cc1oc2c(C)c3oc(=O)c(CCC(=O)NC(Cc4ccccc4)C(=O)O)c(C)c3cc2c1-c1ccccc1. The van der Waals surface area contributed by atoms with Gasteiger partial charge in [0.15, 0.2) is 0 Å². The number of fused-ring (bicyclic) bond motifs is 2. The van der Waals surface area contributed by atoms with Gasteiger partial charge in [0.25, 0.3) is 0 Å². The van der Waals surface area contributed by atoms with Gasteiger partial charge in [-0.2, -0.15) is 0 Å². The highest BCUT2D eigenvalue weighted by atomic mass is 16.4. The molecule has 7 nitrogen and oxygen atoms in total. The summed E-state index contributed by atoms with van der Waals surface area (Å²) in [5, 5.41) is 13.9. The van der Waals surface area contributed by atoms with E-state index in [9.17, 15) is 19.5 Å². The van der Waals surface area contributed by atoms with E-state index in [0.717, 1.165) is 44.3 Å². The lowest BCUT2D eigenvalue weighted by Crippen LogP contribution is -2.42. The molecule has 5 aromatic rings. The highest BCUT2D eigenvalue weighted by Crippen LogP contribution is 2.39. The number of amides is 1. The molecule has 0 saturated heterocycles.